The molecule has 5 heteroatoms. The minimum absolute atomic E-state index is 0.00961. The van der Waals surface area contributed by atoms with Gasteiger partial charge in [-0.3, -0.25) is 0 Å². The highest BCUT2D eigenvalue weighted by atomic mass is 16.5. The van der Waals surface area contributed by atoms with Crippen LogP contribution in [0.25, 0.3) is 0 Å². The molecule has 5 nitrogen and oxygen atoms in total. The Bertz CT molecular complexity index is 822. The first kappa shape index (κ1) is 23.2. The Morgan fingerprint density at radius 3 is 1.57 bits per heavy atom. The molecule has 2 aromatic rings. The summed E-state index contributed by atoms with van der Waals surface area (Å²) in [6.45, 7) is 12.5. The lowest BCUT2D eigenvalue weighted by Gasteiger charge is -2.20. The van der Waals surface area contributed by atoms with Crippen molar-refractivity contribution in [3.63, 3.8) is 0 Å². The molecule has 0 fully saturated rings. The van der Waals surface area contributed by atoms with Crippen LogP contribution in [0, 0.1) is 0 Å². The summed E-state index contributed by atoms with van der Waals surface area (Å²) in [6, 6.07) is 12.2. The van der Waals surface area contributed by atoms with E-state index >= 15 is 0 Å². The second-order valence-electron chi connectivity index (χ2n) is 8.60. The first-order valence-electron chi connectivity index (χ1n) is 9.03. The van der Waals surface area contributed by atoms with Gasteiger partial charge in [-0.05, 0) is 46.2 Å². The molecule has 0 aromatic heterocycles. The zero-order valence-corrected chi connectivity index (χ0v) is 17.7. The predicted octanol–water partition coefficient (Wildman–Crippen LogP) is 5.37. The zero-order valence-electron chi connectivity index (χ0n) is 17.7. The number of hydrogen-bond donors (Lipinski definition) is 2. The van der Waals surface area contributed by atoms with E-state index < -0.39 is 11.9 Å². The van der Waals surface area contributed by atoms with Gasteiger partial charge in [0, 0.05) is 0 Å². The van der Waals surface area contributed by atoms with Crippen LogP contribution in [0.1, 0.15) is 73.4 Å². The first-order chi connectivity index (χ1) is 12.8. The fourth-order valence-corrected chi connectivity index (χ4v) is 2.45. The Morgan fingerprint density at radius 1 is 0.750 bits per heavy atom. The summed E-state index contributed by atoms with van der Waals surface area (Å²) in [5, 5.41) is 17.6. The average molecular weight is 386 g/mol. The highest BCUT2D eigenvalue weighted by Gasteiger charge is 2.18. The van der Waals surface area contributed by atoms with Crippen LogP contribution in [0.15, 0.2) is 42.5 Å². The van der Waals surface area contributed by atoms with Crippen LogP contribution >= 0.6 is 0 Å². The van der Waals surface area contributed by atoms with Crippen molar-refractivity contribution < 1.29 is 24.5 Å². The lowest BCUT2D eigenvalue weighted by molar-refractivity contribution is 0.0684. The Balaban J connectivity index is 0.000000283. The topological polar surface area (TPSA) is 83.8 Å². The smallest absolute Gasteiger partial charge is 0.339 e. The molecule has 0 aliphatic carbocycles. The molecule has 0 amide bonds. The maximum absolute atomic E-state index is 10.9. The van der Waals surface area contributed by atoms with Crippen molar-refractivity contribution in [3.05, 3.63) is 64.7 Å². The van der Waals surface area contributed by atoms with Gasteiger partial charge in [0.2, 0.25) is 0 Å². The van der Waals surface area contributed by atoms with Crippen LogP contribution in [0.3, 0.4) is 0 Å². The number of carbonyl (C=O) groups is 2. The molecule has 0 aliphatic heterocycles. The van der Waals surface area contributed by atoms with Crippen LogP contribution in [0.4, 0.5) is 0 Å². The Hall–Kier alpha value is -2.82. The molecule has 2 N–H and O–H groups in total. The minimum atomic E-state index is -0.965. The van der Waals surface area contributed by atoms with Crippen LogP contribution in [0.2, 0.25) is 0 Å². The fourth-order valence-electron chi connectivity index (χ4n) is 2.45. The molecule has 0 spiro atoms. The van der Waals surface area contributed by atoms with E-state index in [0.29, 0.717) is 11.3 Å². The van der Waals surface area contributed by atoms with E-state index in [0.717, 1.165) is 11.1 Å². The summed E-state index contributed by atoms with van der Waals surface area (Å²) in [5.41, 5.74) is 2.82. The SMILES string of the molecule is CC(C)(C)c1ccc(C(=O)O)cc1.COc1cc(C(C)(C)C)ccc1C(=O)O. The van der Waals surface area contributed by atoms with Crippen LogP contribution in [-0.4, -0.2) is 29.3 Å². The number of ether oxygens (including phenoxy) is 1. The van der Waals surface area contributed by atoms with Gasteiger partial charge in [0.1, 0.15) is 11.3 Å². The highest BCUT2D eigenvalue weighted by molar-refractivity contribution is 5.91. The molecule has 0 heterocycles. The summed E-state index contributed by atoms with van der Waals surface area (Å²) < 4.78 is 5.06. The number of aromatic carboxylic acids is 2. The third-order valence-electron chi connectivity index (χ3n) is 4.30. The molecule has 0 saturated carbocycles. The van der Waals surface area contributed by atoms with Gasteiger partial charge in [0.15, 0.2) is 0 Å². The zero-order chi connectivity index (χ0) is 21.7. The second kappa shape index (κ2) is 8.91. The molecule has 0 bridgehead atoms. The Kier molecular flexibility index (Phi) is 7.39. The average Bonchev–Trinajstić information content (AvgIpc) is 2.60. The lowest BCUT2D eigenvalue weighted by Crippen LogP contribution is -2.12. The summed E-state index contributed by atoms with van der Waals surface area (Å²) in [7, 11) is 1.48. The molecule has 0 aliphatic rings. The molecule has 0 atom stereocenters. The van der Waals surface area contributed by atoms with E-state index in [1.54, 1.807) is 24.3 Å². The summed E-state index contributed by atoms with van der Waals surface area (Å²) in [4.78, 5) is 21.4. The van der Waals surface area contributed by atoms with Gasteiger partial charge in [-0.15, -0.1) is 0 Å². The van der Waals surface area contributed by atoms with E-state index in [2.05, 4.69) is 41.5 Å². The van der Waals surface area contributed by atoms with E-state index in [-0.39, 0.29) is 16.4 Å². The van der Waals surface area contributed by atoms with Crippen LogP contribution in [0.5, 0.6) is 5.75 Å². The lowest BCUT2D eigenvalue weighted by atomic mass is 9.86. The van der Waals surface area contributed by atoms with Gasteiger partial charge in [-0.1, -0.05) is 59.7 Å². The molecule has 0 saturated heterocycles. The predicted molar refractivity (Wildman–Crippen MR) is 111 cm³/mol. The number of methoxy groups -OCH3 is 1. The molecular formula is C23H30O5. The molecule has 152 valence electrons. The van der Waals surface area contributed by atoms with Gasteiger partial charge in [0.05, 0.1) is 12.7 Å². The van der Waals surface area contributed by atoms with Crippen LogP contribution in [-0.2, 0) is 10.8 Å². The summed E-state index contributed by atoms with van der Waals surface area (Å²) >= 11 is 0. The Labute approximate surface area is 167 Å². The van der Waals surface area contributed by atoms with Crippen molar-refractivity contribution in [2.45, 2.75) is 52.4 Å². The number of rotatable bonds is 3. The summed E-state index contributed by atoms with van der Waals surface area (Å²) in [6.07, 6.45) is 0. The molecular weight excluding hydrogens is 356 g/mol. The summed E-state index contributed by atoms with van der Waals surface area (Å²) in [5.74, 6) is -1.43. The van der Waals surface area contributed by atoms with E-state index in [1.807, 2.05) is 18.2 Å². The van der Waals surface area contributed by atoms with Crippen molar-refractivity contribution in [2.75, 3.05) is 7.11 Å². The third kappa shape index (κ3) is 6.41. The number of carboxylic acid groups (broad SMARTS) is 2. The maximum Gasteiger partial charge on any atom is 0.339 e. The van der Waals surface area contributed by atoms with Crippen molar-refractivity contribution in [2.24, 2.45) is 0 Å². The quantitative estimate of drug-likeness (QED) is 0.740. The third-order valence-corrected chi connectivity index (χ3v) is 4.30. The second-order valence-corrected chi connectivity index (χ2v) is 8.60. The molecule has 2 aromatic carbocycles. The molecule has 0 unspecified atom stereocenters. The normalized spacial score (nSPS) is 11.2. The van der Waals surface area contributed by atoms with Crippen molar-refractivity contribution >= 4 is 11.9 Å². The van der Waals surface area contributed by atoms with Crippen LogP contribution < -0.4 is 4.74 Å². The van der Waals surface area contributed by atoms with Crippen molar-refractivity contribution in [1.29, 1.82) is 0 Å². The number of benzene rings is 2. The largest absolute Gasteiger partial charge is 0.496 e. The van der Waals surface area contributed by atoms with Gasteiger partial charge >= 0.3 is 11.9 Å². The van der Waals surface area contributed by atoms with Gasteiger partial charge in [-0.25, -0.2) is 9.59 Å². The monoisotopic (exact) mass is 386 g/mol. The highest BCUT2D eigenvalue weighted by Crippen LogP contribution is 2.28. The molecule has 2 rings (SSSR count). The number of hydrogen-bond acceptors (Lipinski definition) is 3. The van der Waals surface area contributed by atoms with E-state index in [1.165, 1.54) is 7.11 Å². The van der Waals surface area contributed by atoms with Crippen molar-refractivity contribution in [1.82, 2.24) is 0 Å². The minimum Gasteiger partial charge on any atom is -0.496 e. The first-order valence-corrected chi connectivity index (χ1v) is 9.03. The Morgan fingerprint density at radius 2 is 1.21 bits per heavy atom. The molecule has 0 radical (unpaired) electrons. The van der Waals surface area contributed by atoms with Gasteiger partial charge in [0.25, 0.3) is 0 Å². The van der Waals surface area contributed by atoms with E-state index in [4.69, 9.17) is 14.9 Å². The van der Waals surface area contributed by atoms with Gasteiger partial charge < -0.3 is 14.9 Å². The van der Waals surface area contributed by atoms with E-state index in [9.17, 15) is 9.59 Å². The maximum atomic E-state index is 10.9. The van der Waals surface area contributed by atoms with Crippen molar-refractivity contribution in [3.8, 4) is 5.75 Å². The molecule has 28 heavy (non-hydrogen) atoms. The fraction of sp³-hybridized carbons (Fsp3) is 0.391. The standard InChI is InChI=1S/C12H16O3.C11H14O2/c1-12(2,3)8-5-6-9(11(13)14)10(7-8)15-4;1-11(2,3)9-6-4-8(5-7-9)10(12)13/h5-7H,1-4H3,(H,13,14);4-7H,1-3H3,(H,12,13). The number of carboxylic acids is 2. The van der Waals surface area contributed by atoms with Gasteiger partial charge in [-0.2, -0.15) is 0 Å².